The van der Waals surface area contributed by atoms with E-state index >= 15 is 0 Å². The highest BCUT2D eigenvalue weighted by atomic mass is 32.2. The van der Waals surface area contributed by atoms with E-state index in [0.29, 0.717) is 5.03 Å². The fourth-order valence-corrected chi connectivity index (χ4v) is 6.04. The summed E-state index contributed by atoms with van der Waals surface area (Å²) in [7, 11) is 0. The van der Waals surface area contributed by atoms with E-state index in [-0.39, 0.29) is 4.87 Å². The molecule has 0 spiro atoms. The lowest BCUT2D eigenvalue weighted by molar-refractivity contribution is -0.149. The summed E-state index contributed by atoms with van der Waals surface area (Å²) in [4.78, 5) is 52.5. The Kier molecular flexibility index (Phi) is 4.00. The number of carbonyl (C=O) groups is 3. The van der Waals surface area contributed by atoms with E-state index in [1.807, 2.05) is 31.2 Å². The van der Waals surface area contributed by atoms with Crippen LogP contribution in [0.25, 0.3) is 0 Å². The molecule has 9 heteroatoms. The zero-order valence-electron chi connectivity index (χ0n) is 13.6. The molecule has 0 bridgehead atoms. The predicted octanol–water partition coefficient (Wildman–Crippen LogP) is 1.42. The number of hydrogen-bond acceptors (Lipinski definition) is 6. The zero-order valence-corrected chi connectivity index (χ0v) is 15.2. The molecule has 1 fully saturated rings. The summed E-state index contributed by atoms with van der Waals surface area (Å²) in [5, 5.41) is 8.89. The first kappa shape index (κ1) is 17.0. The number of aromatic nitrogens is 1. The molecule has 0 unspecified atom stereocenters. The number of hydrogen-bond donors (Lipinski definition) is 2. The van der Waals surface area contributed by atoms with Crippen LogP contribution in [0.2, 0.25) is 0 Å². The number of thiazole rings is 1. The maximum Gasteiger partial charge on any atom is 0.323 e. The van der Waals surface area contributed by atoms with Gasteiger partial charge in [0.15, 0.2) is 0 Å². The van der Waals surface area contributed by atoms with Crippen molar-refractivity contribution in [2.24, 2.45) is 5.92 Å². The molecule has 0 saturated carbocycles. The quantitative estimate of drug-likeness (QED) is 0.768. The molecule has 26 heavy (non-hydrogen) atoms. The summed E-state index contributed by atoms with van der Waals surface area (Å²) in [5.41, 5.74) is 1.89. The molecule has 7 nitrogen and oxygen atoms in total. The van der Waals surface area contributed by atoms with Crippen molar-refractivity contribution in [2.45, 2.75) is 23.1 Å². The van der Waals surface area contributed by atoms with Crippen molar-refractivity contribution in [3.05, 3.63) is 49.9 Å². The zero-order chi connectivity index (χ0) is 18.6. The second-order valence-corrected chi connectivity index (χ2v) is 8.48. The third kappa shape index (κ3) is 2.58. The van der Waals surface area contributed by atoms with Gasteiger partial charge in [0.05, 0.1) is 10.9 Å². The van der Waals surface area contributed by atoms with Gasteiger partial charge in [0.2, 0.25) is 11.8 Å². The minimum atomic E-state index is -1.23. The average molecular weight is 390 g/mol. The number of fused-ring (bicyclic) bond motifs is 2. The van der Waals surface area contributed by atoms with Gasteiger partial charge < -0.3 is 10.1 Å². The fourth-order valence-electron chi connectivity index (χ4n) is 3.50. The first-order chi connectivity index (χ1) is 12.4. The Morgan fingerprint density at radius 3 is 2.54 bits per heavy atom. The van der Waals surface area contributed by atoms with E-state index in [9.17, 15) is 19.2 Å². The van der Waals surface area contributed by atoms with Gasteiger partial charge in [0.1, 0.15) is 11.8 Å². The molecular formula is C17H14N2O5S2. The van der Waals surface area contributed by atoms with Crippen LogP contribution in [0.4, 0.5) is 0 Å². The molecule has 2 aliphatic rings. The first-order valence-electron chi connectivity index (χ1n) is 7.90. The van der Waals surface area contributed by atoms with Gasteiger partial charge in [-0.2, -0.15) is 0 Å². The van der Waals surface area contributed by atoms with E-state index in [1.165, 1.54) is 0 Å². The number of aryl methyl sites for hydroxylation is 1. The van der Waals surface area contributed by atoms with E-state index in [4.69, 9.17) is 5.11 Å². The molecule has 1 saturated heterocycles. The first-order valence-corrected chi connectivity index (χ1v) is 9.59. The molecule has 3 atom stereocenters. The largest absolute Gasteiger partial charge is 0.480 e. The molecule has 3 heterocycles. The number of aliphatic carboxylic acids is 1. The van der Waals surface area contributed by atoms with Crippen molar-refractivity contribution in [1.29, 1.82) is 0 Å². The summed E-state index contributed by atoms with van der Waals surface area (Å²) in [6.45, 7) is 1.30. The van der Waals surface area contributed by atoms with Crippen LogP contribution < -0.4 is 4.87 Å². The smallest absolute Gasteiger partial charge is 0.323 e. The average Bonchev–Trinajstić information content (AvgIpc) is 3.06. The summed E-state index contributed by atoms with van der Waals surface area (Å²) in [5.74, 6) is -3.40. The Balaban J connectivity index is 1.85. The van der Waals surface area contributed by atoms with Gasteiger partial charge >= 0.3 is 10.8 Å². The van der Waals surface area contributed by atoms with Crippen LogP contribution in [-0.2, 0) is 14.4 Å². The van der Waals surface area contributed by atoms with Crippen LogP contribution in [0.15, 0.2) is 34.1 Å². The fraction of sp³-hybridized carbons (Fsp3) is 0.294. The lowest BCUT2D eigenvalue weighted by Gasteiger charge is -2.29. The Labute approximate surface area is 156 Å². The van der Waals surface area contributed by atoms with Gasteiger partial charge in [-0.3, -0.25) is 24.1 Å². The van der Waals surface area contributed by atoms with Gasteiger partial charge in [0, 0.05) is 10.8 Å². The van der Waals surface area contributed by atoms with E-state index < -0.39 is 41.4 Å². The van der Waals surface area contributed by atoms with Crippen LogP contribution in [0, 0.1) is 12.8 Å². The van der Waals surface area contributed by atoms with E-state index in [2.05, 4.69) is 4.98 Å². The Bertz CT molecular complexity index is 978. The molecule has 0 aliphatic carbocycles. The number of carboxylic acid groups (broad SMARTS) is 1. The summed E-state index contributed by atoms with van der Waals surface area (Å²) in [6, 6.07) is 7.60. The number of H-pyrrole nitrogens is 1. The summed E-state index contributed by atoms with van der Waals surface area (Å²) in [6.07, 6.45) is 0. The van der Waals surface area contributed by atoms with Crippen LogP contribution >= 0.6 is 23.1 Å². The van der Waals surface area contributed by atoms with Crippen molar-refractivity contribution >= 4 is 40.9 Å². The highest BCUT2D eigenvalue weighted by Gasteiger charge is 2.56. The number of rotatable bonds is 3. The number of likely N-dealkylation sites (tertiary alicyclic amines) is 1. The Hall–Kier alpha value is -2.39. The number of imide groups is 1. The molecular weight excluding hydrogens is 376 g/mol. The predicted molar refractivity (Wildman–Crippen MR) is 95.5 cm³/mol. The Morgan fingerprint density at radius 2 is 1.88 bits per heavy atom. The second kappa shape index (κ2) is 6.10. The number of carbonyl (C=O) groups excluding carboxylic acids is 2. The number of nitrogens with zero attached hydrogens (tertiary/aromatic N) is 1. The lowest BCUT2D eigenvalue weighted by atomic mass is 9.83. The van der Waals surface area contributed by atoms with Crippen LogP contribution in [0.1, 0.15) is 21.9 Å². The van der Waals surface area contributed by atoms with Crippen molar-refractivity contribution in [3.63, 3.8) is 0 Å². The Morgan fingerprint density at radius 1 is 1.19 bits per heavy atom. The molecule has 1 aromatic carbocycles. The van der Waals surface area contributed by atoms with Gasteiger partial charge in [-0.05, 0) is 12.5 Å². The monoisotopic (exact) mass is 390 g/mol. The maximum atomic E-state index is 12.9. The van der Waals surface area contributed by atoms with Crippen molar-refractivity contribution in [3.8, 4) is 0 Å². The normalized spacial score (nSPS) is 24.5. The topological polar surface area (TPSA) is 108 Å². The van der Waals surface area contributed by atoms with Gasteiger partial charge in [-0.25, -0.2) is 0 Å². The molecule has 134 valence electrons. The molecule has 4 rings (SSSR count). The van der Waals surface area contributed by atoms with Gasteiger partial charge in [0.25, 0.3) is 0 Å². The summed E-state index contributed by atoms with van der Waals surface area (Å²) >= 11 is 2.18. The molecule has 2 amide bonds. The lowest BCUT2D eigenvalue weighted by Crippen LogP contribution is -2.36. The maximum absolute atomic E-state index is 12.9. The van der Waals surface area contributed by atoms with E-state index in [1.54, 1.807) is 0 Å². The molecule has 2 aromatic rings. The standard InChI is InChI=1S/C17H14N2O5S2/c1-7-2-4-8(5-3-7)10-11-13(25-14-12(10)26-17(24)18-14)16(23)19(15(11)22)6-9(20)21/h2-5,10-11,13H,6H2,1H3,(H,18,24)(H,20,21)/t10-,11-,13-/m0/s1. The molecule has 0 radical (unpaired) electrons. The minimum Gasteiger partial charge on any atom is -0.480 e. The van der Waals surface area contributed by atoms with Crippen molar-refractivity contribution in [2.75, 3.05) is 6.54 Å². The van der Waals surface area contributed by atoms with Crippen molar-refractivity contribution < 1.29 is 19.5 Å². The molecule has 2 N–H and O–H groups in total. The molecule has 1 aromatic heterocycles. The second-order valence-electron chi connectivity index (χ2n) is 6.32. The number of amides is 2. The molecule has 2 aliphatic heterocycles. The third-order valence-corrected chi connectivity index (χ3v) is 7.05. The minimum absolute atomic E-state index is 0.234. The van der Waals surface area contributed by atoms with Gasteiger partial charge in [-0.15, -0.1) is 0 Å². The number of thioether (sulfide) groups is 1. The highest BCUT2D eigenvalue weighted by Crippen LogP contribution is 2.52. The van der Waals surface area contributed by atoms with Crippen LogP contribution in [0.5, 0.6) is 0 Å². The summed E-state index contributed by atoms with van der Waals surface area (Å²) < 4.78 is 0. The van der Waals surface area contributed by atoms with Gasteiger partial charge in [-0.1, -0.05) is 52.9 Å². The number of benzene rings is 1. The van der Waals surface area contributed by atoms with Crippen molar-refractivity contribution in [1.82, 2.24) is 9.88 Å². The van der Waals surface area contributed by atoms with E-state index in [0.717, 1.165) is 44.0 Å². The van der Waals surface area contributed by atoms with Crippen LogP contribution in [0.3, 0.4) is 0 Å². The third-order valence-electron chi connectivity index (χ3n) is 4.65. The van der Waals surface area contributed by atoms with Crippen LogP contribution in [-0.4, -0.2) is 44.6 Å². The number of aromatic amines is 1. The number of nitrogens with one attached hydrogen (secondary N) is 1. The highest BCUT2D eigenvalue weighted by molar-refractivity contribution is 8.00. The SMILES string of the molecule is Cc1ccc([C@@H]2c3sc(=O)[nH]c3S[C@@H]3C(=O)N(CC(=O)O)C(=O)[C@@H]23)cc1. The number of carboxylic acids is 1.